The molecule has 3 aliphatic rings. The van der Waals surface area contributed by atoms with Crippen LogP contribution >= 0.6 is 0 Å². The van der Waals surface area contributed by atoms with Gasteiger partial charge in [-0.1, -0.05) is 32.0 Å². The van der Waals surface area contributed by atoms with Crippen LogP contribution < -0.4 is 0 Å². The molecule has 2 heterocycles. The summed E-state index contributed by atoms with van der Waals surface area (Å²) in [6.45, 7) is 10.4. The highest BCUT2D eigenvalue weighted by atomic mass is 16.5. The molecule has 1 saturated carbocycles. The van der Waals surface area contributed by atoms with Crippen molar-refractivity contribution in [3.63, 3.8) is 0 Å². The van der Waals surface area contributed by atoms with Crippen LogP contribution in [-0.2, 0) is 4.74 Å². The molecule has 0 N–H and O–H groups in total. The van der Waals surface area contributed by atoms with Gasteiger partial charge < -0.3 is 9.64 Å². The molecule has 0 unspecified atom stereocenters. The van der Waals surface area contributed by atoms with Crippen LogP contribution in [0.25, 0.3) is 0 Å². The van der Waals surface area contributed by atoms with Gasteiger partial charge in [-0.3, -0.25) is 0 Å². The van der Waals surface area contributed by atoms with E-state index in [1.54, 1.807) is 16.7 Å². The van der Waals surface area contributed by atoms with E-state index in [0.717, 1.165) is 31.0 Å². The SMILES string of the molecule is CC(C)c1ccc(C2CCN(CC3COC3)CC2)cc1C1CC1. The first-order chi connectivity index (χ1) is 11.2. The van der Waals surface area contributed by atoms with Crippen LogP contribution in [0.4, 0.5) is 0 Å². The Morgan fingerprint density at radius 1 is 1.04 bits per heavy atom. The van der Waals surface area contributed by atoms with Gasteiger partial charge in [-0.25, -0.2) is 0 Å². The van der Waals surface area contributed by atoms with Gasteiger partial charge in [0.1, 0.15) is 0 Å². The highest BCUT2D eigenvalue weighted by molar-refractivity contribution is 5.40. The lowest BCUT2D eigenvalue weighted by Gasteiger charge is -2.37. The Balaban J connectivity index is 1.41. The normalized spacial score (nSPS) is 24.1. The maximum Gasteiger partial charge on any atom is 0.0528 e. The zero-order chi connectivity index (χ0) is 15.8. The number of nitrogens with zero attached hydrogens (tertiary/aromatic N) is 1. The summed E-state index contributed by atoms with van der Waals surface area (Å²) < 4.78 is 5.31. The number of hydrogen-bond donors (Lipinski definition) is 0. The Labute approximate surface area is 141 Å². The molecule has 2 saturated heterocycles. The zero-order valence-corrected chi connectivity index (χ0v) is 14.8. The van der Waals surface area contributed by atoms with Crippen molar-refractivity contribution < 1.29 is 4.74 Å². The Bertz CT molecular complexity index is 537. The number of hydrogen-bond acceptors (Lipinski definition) is 2. The third-order valence-corrected chi connectivity index (χ3v) is 6.03. The summed E-state index contributed by atoms with van der Waals surface area (Å²) in [5, 5.41) is 0. The summed E-state index contributed by atoms with van der Waals surface area (Å²) in [6.07, 6.45) is 5.48. The first-order valence-corrected chi connectivity index (χ1v) is 9.64. The largest absolute Gasteiger partial charge is 0.381 e. The lowest BCUT2D eigenvalue weighted by molar-refractivity contribution is -0.0487. The molecule has 1 aliphatic carbocycles. The second-order valence-corrected chi connectivity index (χ2v) is 8.30. The number of benzene rings is 1. The summed E-state index contributed by atoms with van der Waals surface area (Å²) in [5.41, 5.74) is 4.88. The molecule has 1 aromatic rings. The van der Waals surface area contributed by atoms with Gasteiger partial charge in [0.05, 0.1) is 13.2 Å². The van der Waals surface area contributed by atoms with E-state index in [1.807, 2.05) is 0 Å². The van der Waals surface area contributed by atoms with E-state index in [-0.39, 0.29) is 0 Å². The van der Waals surface area contributed by atoms with Gasteiger partial charge in [0, 0.05) is 12.5 Å². The molecular formula is C21H31NO. The topological polar surface area (TPSA) is 12.5 Å². The number of likely N-dealkylation sites (tertiary alicyclic amines) is 1. The van der Waals surface area contributed by atoms with E-state index in [2.05, 4.69) is 36.9 Å². The fraction of sp³-hybridized carbons (Fsp3) is 0.714. The Morgan fingerprint density at radius 3 is 2.35 bits per heavy atom. The smallest absolute Gasteiger partial charge is 0.0528 e. The molecule has 0 atom stereocenters. The zero-order valence-electron chi connectivity index (χ0n) is 14.8. The van der Waals surface area contributed by atoms with Crippen LogP contribution in [0.2, 0.25) is 0 Å². The molecule has 1 aromatic carbocycles. The summed E-state index contributed by atoms with van der Waals surface area (Å²) >= 11 is 0. The minimum atomic E-state index is 0.659. The standard InChI is InChI=1S/C21H31NO/c1-15(2)20-6-5-19(11-21(20)18-3-4-18)17-7-9-22(10-8-17)12-16-13-23-14-16/h5-6,11,15-18H,3-4,7-10,12-14H2,1-2H3. The maximum absolute atomic E-state index is 5.31. The van der Waals surface area contributed by atoms with Crippen LogP contribution in [0.1, 0.15) is 74.0 Å². The van der Waals surface area contributed by atoms with Crippen LogP contribution in [-0.4, -0.2) is 37.7 Å². The van der Waals surface area contributed by atoms with Crippen molar-refractivity contribution in [2.45, 2.75) is 57.3 Å². The Hall–Kier alpha value is -0.860. The minimum Gasteiger partial charge on any atom is -0.381 e. The number of rotatable bonds is 5. The van der Waals surface area contributed by atoms with Crippen LogP contribution in [0.5, 0.6) is 0 Å². The maximum atomic E-state index is 5.31. The lowest BCUT2D eigenvalue weighted by Crippen LogP contribution is -2.42. The first kappa shape index (κ1) is 15.7. The monoisotopic (exact) mass is 313 g/mol. The van der Waals surface area contributed by atoms with Gasteiger partial charge in [0.15, 0.2) is 0 Å². The molecular weight excluding hydrogens is 282 g/mol. The van der Waals surface area contributed by atoms with Crippen LogP contribution in [0, 0.1) is 5.92 Å². The predicted octanol–water partition coefficient (Wildman–Crippen LogP) is 4.51. The van der Waals surface area contributed by atoms with E-state index in [4.69, 9.17) is 4.74 Å². The van der Waals surface area contributed by atoms with Gasteiger partial charge in [0.2, 0.25) is 0 Å². The molecule has 0 spiro atoms. The van der Waals surface area contributed by atoms with Crippen LogP contribution in [0.15, 0.2) is 18.2 Å². The second-order valence-electron chi connectivity index (χ2n) is 8.30. The first-order valence-electron chi connectivity index (χ1n) is 9.64. The Kier molecular flexibility index (Phi) is 4.47. The van der Waals surface area contributed by atoms with Crippen molar-refractivity contribution in [2.24, 2.45) is 5.92 Å². The summed E-state index contributed by atoms with van der Waals surface area (Å²) in [4.78, 5) is 2.66. The van der Waals surface area contributed by atoms with Crippen molar-refractivity contribution in [2.75, 3.05) is 32.8 Å². The molecule has 0 bridgehead atoms. The number of ether oxygens (including phenoxy) is 1. The second kappa shape index (κ2) is 6.57. The molecule has 4 rings (SSSR count). The van der Waals surface area contributed by atoms with E-state index in [0.29, 0.717) is 5.92 Å². The highest BCUT2D eigenvalue weighted by Crippen LogP contribution is 2.44. The van der Waals surface area contributed by atoms with Gasteiger partial charge in [0.25, 0.3) is 0 Å². The average Bonchev–Trinajstić information content (AvgIpc) is 3.36. The third kappa shape index (κ3) is 3.49. The van der Waals surface area contributed by atoms with Crippen molar-refractivity contribution >= 4 is 0 Å². The van der Waals surface area contributed by atoms with Crippen molar-refractivity contribution in [3.8, 4) is 0 Å². The fourth-order valence-electron chi connectivity index (χ4n) is 4.32. The van der Waals surface area contributed by atoms with Gasteiger partial charge >= 0.3 is 0 Å². The molecule has 2 heteroatoms. The predicted molar refractivity (Wildman–Crippen MR) is 95.2 cm³/mol. The van der Waals surface area contributed by atoms with Gasteiger partial charge in [-0.2, -0.15) is 0 Å². The molecule has 23 heavy (non-hydrogen) atoms. The van der Waals surface area contributed by atoms with Gasteiger partial charge in [-0.15, -0.1) is 0 Å². The molecule has 2 aliphatic heterocycles. The molecule has 2 nitrogen and oxygen atoms in total. The quantitative estimate of drug-likeness (QED) is 0.793. The van der Waals surface area contributed by atoms with E-state index < -0.39 is 0 Å². The van der Waals surface area contributed by atoms with E-state index in [9.17, 15) is 0 Å². The molecule has 3 fully saturated rings. The fourth-order valence-corrected chi connectivity index (χ4v) is 4.32. The van der Waals surface area contributed by atoms with E-state index in [1.165, 1.54) is 45.3 Å². The number of piperidine rings is 1. The third-order valence-electron chi connectivity index (χ3n) is 6.03. The summed E-state index contributed by atoms with van der Waals surface area (Å²) in [5.74, 6) is 3.11. The van der Waals surface area contributed by atoms with Crippen LogP contribution in [0.3, 0.4) is 0 Å². The molecule has 126 valence electrons. The van der Waals surface area contributed by atoms with Crippen molar-refractivity contribution in [3.05, 3.63) is 34.9 Å². The molecule has 0 aromatic heterocycles. The van der Waals surface area contributed by atoms with E-state index >= 15 is 0 Å². The Morgan fingerprint density at radius 2 is 1.78 bits per heavy atom. The average molecular weight is 313 g/mol. The molecule has 0 amide bonds. The lowest BCUT2D eigenvalue weighted by atomic mass is 9.85. The summed E-state index contributed by atoms with van der Waals surface area (Å²) in [6, 6.07) is 7.44. The summed E-state index contributed by atoms with van der Waals surface area (Å²) in [7, 11) is 0. The molecule has 0 radical (unpaired) electrons. The highest BCUT2D eigenvalue weighted by Gasteiger charge is 2.29. The minimum absolute atomic E-state index is 0.659. The van der Waals surface area contributed by atoms with Crippen molar-refractivity contribution in [1.82, 2.24) is 4.90 Å². The van der Waals surface area contributed by atoms with Crippen molar-refractivity contribution in [1.29, 1.82) is 0 Å². The van der Waals surface area contributed by atoms with Gasteiger partial charge in [-0.05, 0) is 73.2 Å².